The fraction of sp³-hybridized carbons (Fsp3) is 0. The summed E-state index contributed by atoms with van der Waals surface area (Å²) in [5, 5.41) is 9.15. The fourth-order valence-electron chi connectivity index (χ4n) is 0.918. The second-order valence-corrected chi connectivity index (χ2v) is 4.11. The van der Waals surface area contributed by atoms with Crippen LogP contribution in [-0.4, -0.2) is 26.3 Å². The average molecular weight is 229 g/mol. The smallest absolute Gasteiger partial charge is 0.371 e. The van der Waals surface area contributed by atoms with Gasteiger partial charge < -0.3 is 19.7 Å². The number of allylic oxidation sites excluding steroid dienone is 4. The zero-order valence-electron chi connectivity index (χ0n) is 7.48. The van der Waals surface area contributed by atoms with Gasteiger partial charge in [-0.25, -0.2) is 0 Å². The highest BCUT2D eigenvalue weighted by Gasteiger charge is 2.13. The minimum atomic E-state index is -4.93. The van der Waals surface area contributed by atoms with Crippen molar-refractivity contribution in [2.75, 3.05) is 0 Å². The molecular formula is C8H8NO5P. The van der Waals surface area contributed by atoms with Crippen LogP contribution in [0.4, 0.5) is 4.79 Å². The molecule has 0 aromatic carbocycles. The minimum absolute atomic E-state index is 1.27. The van der Waals surface area contributed by atoms with E-state index in [2.05, 4.69) is 16.7 Å². The Labute approximate surface area is 85.3 Å². The molecule has 15 heavy (non-hydrogen) atoms. The van der Waals surface area contributed by atoms with Crippen molar-refractivity contribution in [2.24, 2.45) is 0 Å². The number of rotatable bonds is 1. The zero-order valence-corrected chi connectivity index (χ0v) is 8.37. The standard InChI is InChI=1S/C7H6N.CH3O5P/c1-3-7-4-2-6-8(7)5-1;2-1(3)7(4,5)6/h1-6H;(H,2,3)(H2,4,5,6)/q+1;/p-1. The third kappa shape index (κ3) is 3.28. The van der Waals surface area contributed by atoms with Crippen molar-refractivity contribution in [3.05, 3.63) is 36.2 Å². The van der Waals surface area contributed by atoms with Gasteiger partial charge in [-0.1, -0.05) is 0 Å². The van der Waals surface area contributed by atoms with Crippen LogP contribution < -0.4 is 5.11 Å². The Bertz CT molecular complexity index is 414. The minimum Gasteiger partial charge on any atom is -0.538 e. The molecule has 6 nitrogen and oxygen atoms in total. The molecule has 0 saturated heterocycles. The van der Waals surface area contributed by atoms with E-state index in [9.17, 15) is 4.57 Å². The highest BCUT2D eigenvalue weighted by atomic mass is 31.2. The summed E-state index contributed by atoms with van der Waals surface area (Å²) in [4.78, 5) is 24.2. The number of hydrogen-bond donors (Lipinski definition) is 2. The van der Waals surface area contributed by atoms with Crippen LogP contribution in [0.2, 0.25) is 0 Å². The van der Waals surface area contributed by atoms with Crippen LogP contribution in [0.15, 0.2) is 36.2 Å². The Hall–Kier alpha value is -1.49. The average Bonchev–Trinajstić information content (AvgIpc) is 2.61. The summed E-state index contributed by atoms with van der Waals surface area (Å²) in [5.74, 6) is 0. The number of hydrogen-bond acceptors (Lipinski definition) is 3. The van der Waals surface area contributed by atoms with Crippen molar-refractivity contribution < 1.29 is 28.8 Å². The van der Waals surface area contributed by atoms with E-state index in [0.717, 1.165) is 0 Å². The summed E-state index contributed by atoms with van der Waals surface area (Å²) < 4.78 is 11.4. The molecule has 2 heterocycles. The number of carbonyl (C=O) groups is 1. The first-order chi connectivity index (χ1) is 6.91. The van der Waals surface area contributed by atoms with Gasteiger partial charge in [0.05, 0.1) is 0 Å². The third-order valence-corrected chi connectivity index (χ3v) is 2.04. The Morgan fingerprint density at radius 2 is 2.00 bits per heavy atom. The van der Waals surface area contributed by atoms with Crippen molar-refractivity contribution >= 4 is 19.5 Å². The van der Waals surface area contributed by atoms with E-state index < -0.39 is 13.3 Å². The Kier molecular flexibility index (Phi) is 3.36. The van der Waals surface area contributed by atoms with Gasteiger partial charge in [0.25, 0.3) is 0 Å². The quantitative estimate of drug-likeness (QED) is 0.468. The van der Waals surface area contributed by atoms with Crippen LogP contribution in [0.3, 0.4) is 0 Å². The van der Waals surface area contributed by atoms with Crippen LogP contribution in [0.5, 0.6) is 0 Å². The van der Waals surface area contributed by atoms with E-state index in [1.54, 1.807) is 0 Å². The van der Waals surface area contributed by atoms with E-state index in [1.165, 1.54) is 5.70 Å². The Morgan fingerprint density at radius 3 is 2.47 bits per heavy atom. The van der Waals surface area contributed by atoms with Crippen LogP contribution >= 0.6 is 7.60 Å². The largest absolute Gasteiger partial charge is 0.538 e. The molecule has 0 unspecified atom stereocenters. The predicted molar refractivity (Wildman–Crippen MR) is 50.1 cm³/mol. The van der Waals surface area contributed by atoms with Gasteiger partial charge in [0.15, 0.2) is 18.1 Å². The molecule has 0 radical (unpaired) electrons. The third-order valence-electron chi connectivity index (χ3n) is 1.56. The Morgan fingerprint density at radius 1 is 1.40 bits per heavy atom. The second-order valence-electron chi connectivity index (χ2n) is 2.66. The van der Waals surface area contributed by atoms with Crippen LogP contribution in [0.1, 0.15) is 0 Å². The molecule has 0 atom stereocenters. The molecule has 0 amide bonds. The lowest BCUT2D eigenvalue weighted by molar-refractivity contribution is -0.380. The molecule has 2 aliphatic rings. The maximum Gasteiger partial charge on any atom is 0.371 e. The van der Waals surface area contributed by atoms with E-state index in [4.69, 9.17) is 19.7 Å². The van der Waals surface area contributed by atoms with Gasteiger partial charge in [-0.05, 0) is 0 Å². The van der Waals surface area contributed by atoms with E-state index >= 15 is 0 Å². The zero-order chi connectivity index (χ0) is 11.5. The monoisotopic (exact) mass is 229 g/mol. The molecule has 2 rings (SSSR count). The first-order valence-corrected chi connectivity index (χ1v) is 5.48. The lowest BCUT2D eigenvalue weighted by atomic mass is 10.4. The van der Waals surface area contributed by atoms with Crippen LogP contribution in [-0.2, 0) is 4.57 Å². The molecule has 2 N–H and O–H groups in total. The summed E-state index contributed by atoms with van der Waals surface area (Å²) in [6.07, 6.45) is 12.3. The van der Waals surface area contributed by atoms with Gasteiger partial charge in [0.1, 0.15) is 0 Å². The molecule has 0 aromatic rings. The molecule has 0 aromatic heterocycles. The first kappa shape index (κ1) is 11.6. The maximum absolute atomic E-state index is 9.36. The van der Waals surface area contributed by atoms with Crippen LogP contribution in [0, 0.1) is 0 Å². The molecule has 0 fully saturated rings. The molecular weight excluding hydrogens is 221 g/mol. The van der Waals surface area contributed by atoms with Gasteiger partial charge >= 0.3 is 7.60 Å². The summed E-state index contributed by atoms with van der Waals surface area (Å²) in [6.45, 7) is 0. The SMILES string of the molecule is C1=CC2=CC=C[N+]2=C1.O=C([O-])P(=O)(O)O. The summed E-state index contributed by atoms with van der Waals surface area (Å²) in [6, 6.07) is 0. The van der Waals surface area contributed by atoms with E-state index in [0.29, 0.717) is 0 Å². The molecule has 0 spiro atoms. The van der Waals surface area contributed by atoms with Crippen molar-refractivity contribution in [1.82, 2.24) is 0 Å². The highest BCUT2D eigenvalue weighted by molar-refractivity contribution is 7.69. The maximum atomic E-state index is 9.36. The highest BCUT2D eigenvalue weighted by Crippen LogP contribution is 2.32. The number of carbonyl (C=O) groups excluding carboxylic acids is 1. The van der Waals surface area contributed by atoms with Crippen molar-refractivity contribution in [3.63, 3.8) is 0 Å². The second kappa shape index (κ2) is 4.35. The van der Waals surface area contributed by atoms with Gasteiger partial charge in [0, 0.05) is 24.3 Å². The van der Waals surface area contributed by atoms with E-state index in [-0.39, 0.29) is 0 Å². The van der Waals surface area contributed by atoms with E-state index in [1.807, 2.05) is 24.6 Å². The molecule has 0 saturated carbocycles. The lowest BCUT2D eigenvalue weighted by Crippen LogP contribution is -2.19. The molecule has 0 bridgehead atoms. The number of fused-ring (bicyclic) bond motifs is 1. The number of carboxylic acid groups (broad SMARTS) is 1. The molecule has 7 heteroatoms. The number of nitrogens with zero attached hydrogens (tertiary/aromatic N) is 1. The molecule has 2 aliphatic heterocycles. The fourth-order valence-corrected chi connectivity index (χ4v) is 0.918. The molecule has 80 valence electrons. The summed E-state index contributed by atoms with van der Waals surface area (Å²) in [7, 11) is -4.93. The lowest BCUT2D eigenvalue weighted by Gasteiger charge is -2.00. The van der Waals surface area contributed by atoms with Crippen LogP contribution in [0.25, 0.3) is 0 Å². The summed E-state index contributed by atoms with van der Waals surface area (Å²) >= 11 is 0. The Balaban J connectivity index is 0.000000153. The van der Waals surface area contributed by atoms with Gasteiger partial charge in [-0.3, -0.25) is 4.57 Å². The van der Waals surface area contributed by atoms with Gasteiger partial charge in [-0.2, -0.15) is 4.58 Å². The van der Waals surface area contributed by atoms with Crippen molar-refractivity contribution in [3.8, 4) is 0 Å². The topological polar surface area (TPSA) is 101 Å². The normalized spacial score (nSPS) is 16.4. The van der Waals surface area contributed by atoms with Crippen molar-refractivity contribution in [1.29, 1.82) is 0 Å². The first-order valence-electron chi connectivity index (χ1n) is 3.87. The van der Waals surface area contributed by atoms with Crippen molar-refractivity contribution in [2.45, 2.75) is 0 Å². The van der Waals surface area contributed by atoms with Gasteiger partial charge in [0.2, 0.25) is 5.70 Å². The predicted octanol–water partition coefficient (Wildman–Crippen LogP) is -0.442. The van der Waals surface area contributed by atoms with Gasteiger partial charge in [-0.15, -0.1) is 0 Å². The summed E-state index contributed by atoms with van der Waals surface area (Å²) in [5.41, 5.74) is -1.07. The molecule has 0 aliphatic carbocycles.